The van der Waals surface area contributed by atoms with Crippen LogP contribution in [0.15, 0.2) is 77.7 Å². The van der Waals surface area contributed by atoms with Crippen molar-refractivity contribution in [2.75, 3.05) is 22.8 Å². The maximum atomic E-state index is 13.2. The molecule has 0 spiro atoms. The lowest BCUT2D eigenvalue weighted by Gasteiger charge is -2.23. The smallest absolute Gasteiger partial charge is 0.338 e. The van der Waals surface area contributed by atoms with Crippen molar-refractivity contribution in [3.63, 3.8) is 0 Å². The number of sulfonamides is 1. The van der Waals surface area contributed by atoms with E-state index in [9.17, 15) is 26.8 Å². The van der Waals surface area contributed by atoms with Crippen LogP contribution in [-0.4, -0.2) is 33.4 Å². The summed E-state index contributed by atoms with van der Waals surface area (Å²) < 4.78 is 58.8. The topological polar surface area (TPSA) is 92.8 Å². The van der Waals surface area contributed by atoms with E-state index >= 15 is 0 Å². The second kappa shape index (κ2) is 10.2. The molecule has 3 aromatic rings. The van der Waals surface area contributed by atoms with Gasteiger partial charge in [0.15, 0.2) is 6.61 Å². The van der Waals surface area contributed by atoms with Gasteiger partial charge in [0.2, 0.25) is 0 Å². The molecular weight excluding hydrogens is 454 g/mol. The molecule has 0 aliphatic carbocycles. The first-order chi connectivity index (χ1) is 15.7. The third-order valence-electron chi connectivity index (χ3n) is 4.47. The van der Waals surface area contributed by atoms with Gasteiger partial charge >= 0.3 is 5.97 Å². The summed E-state index contributed by atoms with van der Waals surface area (Å²) in [5.74, 6) is -3.51. The van der Waals surface area contributed by atoms with Crippen LogP contribution in [0.2, 0.25) is 0 Å². The summed E-state index contributed by atoms with van der Waals surface area (Å²) in [7, 11) is -3.97. The fourth-order valence-corrected chi connectivity index (χ4v) is 4.55. The van der Waals surface area contributed by atoms with Crippen LogP contribution in [0, 0.1) is 11.6 Å². The molecule has 0 unspecified atom stereocenters. The van der Waals surface area contributed by atoms with E-state index in [1.807, 2.05) is 0 Å². The summed E-state index contributed by atoms with van der Waals surface area (Å²) in [6, 6.07) is 16.2. The molecule has 0 aliphatic rings. The summed E-state index contributed by atoms with van der Waals surface area (Å²) in [4.78, 5) is 24.2. The maximum absolute atomic E-state index is 13.2. The lowest BCUT2D eigenvalue weighted by atomic mass is 10.2. The van der Waals surface area contributed by atoms with Crippen molar-refractivity contribution in [1.82, 2.24) is 0 Å². The highest BCUT2D eigenvalue weighted by Crippen LogP contribution is 2.24. The Morgan fingerprint density at radius 2 is 1.61 bits per heavy atom. The van der Waals surface area contributed by atoms with Crippen LogP contribution in [-0.2, 0) is 19.6 Å². The van der Waals surface area contributed by atoms with Crippen LogP contribution in [0.3, 0.4) is 0 Å². The van der Waals surface area contributed by atoms with Gasteiger partial charge in [0.25, 0.3) is 15.9 Å². The van der Waals surface area contributed by atoms with Crippen molar-refractivity contribution in [2.24, 2.45) is 0 Å². The molecule has 172 valence electrons. The number of anilines is 2. The second-order valence-electron chi connectivity index (χ2n) is 6.82. The van der Waals surface area contributed by atoms with Crippen molar-refractivity contribution in [3.8, 4) is 0 Å². The first-order valence-corrected chi connectivity index (χ1v) is 11.3. The molecule has 3 aromatic carbocycles. The maximum Gasteiger partial charge on any atom is 0.338 e. The summed E-state index contributed by atoms with van der Waals surface area (Å²) in [5.41, 5.74) is 0.255. The highest BCUT2D eigenvalue weighted by atomic mass is 32.2. The van der Waals surface area contributed by atoms with Crippen molar-refractivity contribution in [2.45, 2.75) is 11.8 Å². The minimum absolute atomic E-state index is 0.0789. The van der Waals surface area contributed by atoms with Gasteiger partial charge in [0, 0.05) is 18.3 Å². The van der Waals surface area contributed by atoms with Crippen LogP contribution in [0.5, 0.6) is 0 Å². The highest BCUT2D eigenvalue weighted by molar-refractivity contribution is 7.92. The van der Waals surface area contributed by atoms with Gasteiger partial charge < -0.3 is 10.1 Å². The number of benzene rings is 3. The number of esters is 1. The van der Waals surface area contributed by atoms with E-state index in [-0.39, 0.29) is 22.7 Å². The Hall–Kier alpha value is -3.79. The van der Waals surface area contributed by atoms with Gasteiger partial charge in [0.05, 0.1) is 16.1 Å². The standard InChI is InChI=1S/C23H20F2N2O5S/c1-2-27(20-8-4-3-5-9-20)33(30,31)21-10-6-7-16(11-21)23(29)32-15-22(28)26-19-13-17(24)12-18(25)14-19/h3-14H,2,15H2,1H3,(H,26,28). The van der Waals surface area contributed by atoms with Crippen LogP contribution in [0.1, 0.15) is 17.3 Å². The van der Waals surface area contributed by atoms with E-state index in [0.717, 1.165) is 18.2 Å². The third-order valence-corrected chi connectivity index (χ3v) is 6.37. The van der Waals surface area contributed by atoms with Crippen molar-refractivity contribution in [1.29, 1.82) is 0 Å². The monoisotopic (exact) mass is 474 g/mol. The molecule has 0 fully saturated rings. The summed E-state index contributed by atoms with van der Waals surface area (Å²) in [5, 5.41) is 2.21. The minimum Gasteiger partial charge on any atom is -0.452 e. The highest BCUT2D eigenvalue weighted by Gasteiger charge is 2.24. The molecule has 0 aromatic heterocycles. The van der Waals surface area contributed by atoms with E-state index in [0.29, 0.717) is 11.8 Å². The SMILES string of the molecule is CCN(c1ccccc1)S(=O)(=O)c1cccc(C(=O)OCC(=O)Nc2cc(F)cc(F)c2)c1. The van der Waals surface area contributed by atoms with Gasteiger partial charge in [-0.25, -0.2) is 22.0 Å². The van der Waals surface area contributed by atoms with Gasteiger partial charge in [0.1, 0.15) is 11.6 Å². The number of rotatable bonds is 8. The summed E-state index contributed by atoms with van der Waals surface area (Å²) in [6.45, 7) is 1.12. The minimum atomic E-state index is -3.97. The molecule has 0 radical (unpaired) electrons. The Balaban J connectivity index is 1.70. The fraction of sp³-hybridized carbons (Fsp3) is 0.130. The predicted molar refractivity (Wildman–Crippen MR) is 118 cm³/mol. The van der Waals surface area contributed by atoms with E-state index in [2.05, 4.69) is 5.32 Å². The van der Waals surface area contributed by atoms with Crippen LogP contribution < -0.4 is 9.62 Å². The van der Waals surface area contributed by atoms with Crippen LogP contribution >= 0.6 is 0 Å². The number of hydrogen-bond donors (Lipinski definition) is 1. The molecule has 1 N–H and O–H groups in total. The molecule has 3 rings (SSSR count). The molecule has 7 nitrogen and oxygen atoms in total. The van der Waals surface area contributed by atoms with Crippen LogP contribution in [0.4, 0.5) is 20.2 Å². The zero-order valence-corrected chi connectivity index (χ0v) is 18.3. The number of carbonyl (C=O) groups excluding carboxylic acids is 2. The number of halogens is 2. The van der Waals surface area contributed by atoms with Crippen molar-refractivity contribution >= 4 is 33.3 Å². The molecule has 0 saturated heterocycles. The average Bonchev–Trinajstić information content (AvgIpc) is 2.78. The van der Waals surface area contributed by atoms with Crippen molar-refractivity contribution < 1.29 is 31.5 Å². The van der Waals surface area contributed by atoms with E-state index in [1.54, 1.807) is 37.3 Å². The van der Waals surface area contributed by atoms with Crippen LogP contribution in [0.25, 0.3) is 0 Å². The lowest BCUT2D eigenvalue weighted by Crippen LogP contribution is -2.30. The third kappa shape index (κ3) is 5.92. The first kappa shape index (κ1) is 23.9. The average molecular weight is 474 g/mol. The Morgan fingerprint density at radius 1 is 0.939 bits per heavy atom. The molecular formula is C23H20F2N2O5S. The molecule has 0 atom stereocenters. The second-order valence-corrected chi connectivity index (χ2v) is 8.68. The summed E-state index contributed by atoms with van der Waals surface area (Å²) in [6.07, 6.45) is 0. The summed E-state index contributed by atoms with van der Waals surface area (Å²) >= 11 is 0. The molecule has 0 bridgehead atoms. The number of carbonyl (C=O) groups is 2. The predicted octanol–water partition coefficient (Wildman–Crippen LogP) is 3.98. The van der Waals surface area contributed by atoms with E-state index in [4.69, 9.17) is 4.74 Å². The zero-order chi connectivity index (χ0) is 24.0. The number of hydrogen-bond acceptors (Lipinski definition) is 5. The van der Waals surface area contributed by atoms with Gasteiger partial charge in [-0.15, -0.1) is 0 Å². The number of para-hydroxylation sites is 1. The van der Waals surface area contributed by atoms with Gasteiger partial charge in [-0.3, -0.25) is 9.10 Å². The number of amides is 1. The normalized spacial score (nSPS) is 11.0. The number of nitrogens with one attached hydrogen (secondary N) is 1. The Morgan fingerprint density at radius 3 is 2.24 bits per heavy atom. The van der Waals surface area contributed by atoms with Gasteiger partial charge in [-0.05, 0) is 49.4 Å². The lowest BCUT2D eigenvalue weighted by molar-refractivity contribution is -0.119. The molecule has 33 heavy (non-hydrogen) atoms. The number of nitrogens with zero attached hydrogens (tertiary/aromatic N) is 1. The quantitative estimate of drug-likeness (QED) is 0.499. The fourth-order valence-electron chi connectivity index (χ4n) is 3.03. The Kier molecular flexibility index (Phi) is 7.39. The van der Waals surface area contributed by atoms with Gasteiger partial charge in [-0.2, -0.15) is 0 Å². The van der Waals surface area contributed by atoms with E-state index < -0.39 is 40.1 Å². The first-order valence-electron chi connectivity index (χ1n) is 9.81. The molecule has 10 heteroatoms. The Bertz CT molecular complexity index is 1250. The van der Waals surface area contributed by atoms with Gasteiger partial charge in [-0.1, -0.05) is 24.3 Å². The van der Waals surface area contributed by atoms with E-state index in [1.165, 1.54) is 22.5 Å². The number of ether oxygens (including phenoxy) is 1. The Labute approximate surface area is 189 Å². The zero-order valence-electron chi connectivity index (χ0n) is 17.5. The largest absolute Gasteiger partial charge is 0.452 e. The molecule has 0 saturated carbocycles. The molecule has 1 amide bonds. The molecule has 0 aliphatic heterocycles. The van der Waals surface area contributed by atoms with Crippen molar-refractivity contribution in [3.05, 3.63) is 90.0 Å². The molecule has 0 heterocycles.